The standard InChI is InChI=1S/C11H22OS2/c1-11(2,3)10(12)14-9-7-5-6-8-13-4/h5-9H2,1-4H3. The molecule has 0 aliphatic heterocycles. The van der Waals surface area contributed by atoms with Crippen molar-refractivity contribution in [3.05, 3.63) is 0 Å². The van der Waals surface area contributed by atoms with Crippen molar-refractivity contribution in [2.24, 2.45) is 5.41 Å². The van der Waals surface area contributed by atoms with Gasteiger partial charge in [0, 0.05) is 11.2 Å². The summed E-state index contributed by atoms with van der Waals surface area (Å²) in [6, 6.07) is 0. The second-order valence-electron chi connectivity index (χ2n) is 4.44. The predicted octanol–water partition coefficient (Wildman–Crippen LogP) is 3.83. The van der Waals surface area contributed by atoms with Gasteiger partial charge >= 0.3 is 0 Å². The summed E-state index contributed by atoms with van der Waals surface area (Å²) >= 11 is 3.39. The van der Waals surface area contributed by atoms with Crippen LogP contribution >= 0.6 is 23.5 Å². The molecule has 0 N–H and O–H groups in total. The van der Waals surface area contributed by atoms with Crippen LogP contribution in [0.15, 0.2) is 0 Å². The van der Waals surface area contributed by atoms with Crippen LogP contribution in [0.2, 0.25) is 0 Å². The van der Waals surface area contributed by atoms with Crippen LogP contribution in [0.4, 0.5) is 0 Å². The van der Waals surface area contributed by atoms with Gasteiger partial charge in [0.2, 0.25) is 0 Å². The summed E-state index contributed by atoms with van der Waals surface area (Å²) in [5, 5.41) is 0.322. The SMILES string of the molecule is CSCCCCCSC(=O)C(C)(C)C. The van der Waals surface area contributed by atoms with Crippen LogP contribution in [-0.2, 0) is 4.79 Å². The van der Waals surface area contributed by atoms with E-state index in [0.29, 0.717) is 5.12 Å². The largest absolute Gasteiger partial charge is 0.287 e. The molecule has 0 aliphatic carbocycles. The molecular weight excluding hydrogens is 212 g/mol. The lowest BCUT2D eigenvalue weighted by atomic mass is 10.00. The fourth-order valence-corrected chi connectivity index (χ4v) is 2.37. The first-order valence-corrected chi connectivity index (χ1v) is 7.52. The van der Waals surface area contributed by atoms with E-state index in [1.165, 1.54) is 36.8 Å². The highest BCUT2D eigenvalue weighted by atomic mass is 32.2. The molecule has 0 bridgehead atoms. The Bertz CT molecular complexity index is 161. The molecule has 0 atom stereocenters. The van der Waals surface area contributed by atoms with E-state index in [4.69, 9.17) is 0 Å². The van der Waals surface area contributed by atoms with E-state index in [-0.39, 0.29) is 5.41 Å². The molecule has 1 nitrogen and oxygen atoms in total. The van der Waals surface area contributed by atoms with Crippen molar-refractivity contribution < 1.29 is 4.79 Å². The minimum absolute atomic E-state index is 0.177. The van der Waals surface area contributed by atoms with Crippen LogP contribution in [0.25, 0.3) is 0 Å². The number of unbranched alkanes of at least 4 members (excludes halogenated alkanes) is 2. The fraction of sp³-hybridized carbons (Fsp3) is 0.909. The zero-order valence-corrected chi connectivity index (χ0v) is 11.4. The Labute approximate surface area is 96.8 Å². The van der Waals surface area contributed by atoms with Gasteiger partial charge in [0.1, 0.15) is 0 Å². The summed E-state index contributed by atoms with van der Waals surface area (Å²) in [5.74, 6) is 2.24. The summed E-state index contributed by atoms with van der Waals surface area (Å²) in [5.41, 5.74) is -0.177. The molecule has 84 valence electrons. The fourth-order valence-electron chi connectivity index (χ4n) is 0.907. The average molecular weight is 234 g/mol. The smallest absolute Gasteiger partial charge is 0.194 e. The van der Waals surface area contributed by atoms with E-state index >= 15 is 0 Å². The van der Waals surface area contributed by atoms with Crippen molar-refractivity contribution in [2.45, 2.75) is 40.0 Å². The van der Waals surface area contributed by atoms with Gasteiger partial charge < -0.3 is 0 Å². The third kappa shape index (κ3) is 7.74. The molecule has 3 heteroatoms. The van der Waals surface area contributed by atoms with Gasteiger partial charge in [-0.3, -0.25) is 4.79 Å². The van der Waals surface area contributed by atoms with Crippen molar-refractivity contribution in [2.75, 3.05) is 17.8 Å². The molecule has 0 heterocycles. The third-order valence-electron chi connectivity index (χ3n) is 1.84. The van der Waals surface area contributed by atoms with Crippen molar-refractivity contribution >= 4 is 28.6 Å². The Morgan fingerprint density at radius 1 is 1.07 bits per heavy atom. The number of hydrogen-bond donors (Lipinski definition) is 0. The van der Waals surface area contributed by atoms with Crippen molar-refractivity contribution in [1.29, 1.82) is 0 Å². The number of carbonyl (C=O) groups is 1. The lowest BCUT2D eigenvalue weighted by molar-refractivity contribution is -0.117. The third-order valence-corrected chi connectivity index (χ3v) is 3.90. The highest BCUT2D eigenvalue weighted by Gasteiger charge is 2.20. The van der Waals surface area contributed by atoms with Crippen LogP contribution in [0.1, 0.15) is 40.0 Å². The van der Waals surface area contributed by atoms with Crippen LogP contribution < -0.4 is 0 Å². The number of thioether (sulfide) groups is 2. The van der Waals surface area contributed by atoms with Crippen molar-refractivity contribution in [1.82, 2.24) is 0 Å². The molecule has 0 saturated heterocycles. The Morgan fingerprint density at radius 3 is 2.14 bits per heavy atom. The molecule has 0 aromatic heterocycles. The molecule has 0 unspecified atom stereocenters. The number of rotatable bonds is 6. The van der Waals surface area contributed by atoms with E-state index in [1.807, 2.05) is 32.5 Å². The highest BCUT2D eigenvalue weighted by Crippen LogP contribution is 2.23. The maximum atomic E-state index is 11.5. The second kappa shape index (κ2) is 7.63. The van der Waals surface area contributed by atoms with Gasteiger partial charge in [-0.1, -0.05) is 39.0 Å². The van der Waals surface area contributed by atoms with E-state index in [1.54, 1.807) is 0 Å². The Morgan fingerprint density at radius 2 is 1.64 bits per heavy atom. The van der Waals surface area contributed by atoms with Gasteiger partial charge in [-0.25, -0.2) is 0 Å². The first kappa shape index (κ1) is 14.4. The minimum Gasteiger partial charge on any atom is -0.287 e. The molecule has 0 radical (unpaired) electrons. The molecule has 0 spiro atoms. The quantitative estimate of drug-likeness (QED) is 0.650. The monoisotopic (exact) mass is 234 g/mol. The lowest BCUT2D eigenvalue weighted by Gasteiger charge is -2.15. The predicted molar refractivity (Wildman–Crippen MR) is 69.2 cm³/mol. The molecule has 0 aromatic carbocycles. The molecule has 0 amide bonds. The number of hydrogen-bond acceptors (Lipinski definition) is 3. The van der Waals surface area contributed by atoms with E-state index in [9.17, 15) is 4.79 Å². The zero-order valence-electron chi connectivity index (χ0n) is 9.76. The molecule has 14 heavy (non-hydrogen) atoms. The summed E-state index contributed by atoms with van der Waals surface area (Å²) in [7, 11) is 0. The molecule has 0 rings (SSSR count). The first-order chi connectivity index (χ1) is 6.48. The lowest BCUT2D eigenvalue weighted by Crippen LogP contribution is -2.16. The summed E-state index contributed by atoms with van der Waals surface area (Å²) in [4.78, 5) is 11.5. The van der Waals surface area contributed by atoms with Crippen molar-refractivity contribution in [3.63, 3.8) is 0 Å². The first-order valence-electron chi connectivity index (χ1n) is 5.14. The van der Waals surface area contributed by atoms with Crippen molar-refractivity contribution in [3.8, 4) is 0 Å². The summed E-state index contributed by atoms with van der Waals surface area (Å²) < 4.78 is 0. The van der Waals surface area contributed by atoms with Gasteiger partial charge in [-0.05, 0) is 24.9 Å². The topological polar surface area (TPSA) is 17.1 Å². The van der Waals surface area contributed by atoms with Gasteiger partial charge in [0.15, 0.2) is 5.12 Å². The van der Waals surface area contributed by atoms with Crippen LogP contribution in [0, 0.1) is 5.41 Å². The maximum Gasteiger partial charge on any atom is 0.194 e. The summed E-state index contributed by atoms with van der Waals surface area (Å²) in [6.45, 7) is 5.95. The highest BCUT2D eigenvalue weighted by molar-refractivity contribution is 8.13. The normalized spacial score (nSPS) is 11.7. The molecular formula is C11H22OS2. The van der Waals surface area contributed by atoms with Gasteiger partial charge in [0.25, 0.3) is 0 Å². The molecule has 0 aromatic rings. The maximum absolute atomic E-state index is 11.5. The van der Waals surface area contributed by atoms with E-state index < -0.39 is 0 Å². The Kier molecular flexibility index (Phi) is 7.84. The minimum atomic E-state index is -0.177. The van der Waals surface area contributed by atoms with Gasteiger partial charge in [-0.15, -0.1) is 0 Å². The average Bonchev–Trinajstić information content (AvgIpc) is 2.09. The molecule has 0 fully saturated rings. The summed E-state index contributed by atoms with van der Waals surface area (Å²) in [6.07, 6.45) is 5.85. The van der Waals surface area contributed by atoms with Crippen LogP contribution in [0.3, 0.4) is 0 Å². The Balaban J connectivity index is 3.33. The van der Waals surface area contributed by atoms with Crippen LogP contribution in [-0.4, -0.2) is 22.9 Å². The second-order valence-corrected chi connectivity index (χ2v) is 6.49. The zero-order chi connectivity index (χ0) is 11.0. The molecule has 0 aliphatic rings. The van der Waals surface area contributed by atoms with Gasteiger partial charge in [0.05, 0.1) is 0 Å². The van der Waals surface area contributed by atoms with E-state index in [0.717, 1.165) is 5.75 Å². The van der Waals surface area contributed by atoms with Gasteiger partial charge in [-0.2, -0.15) is 11.8 Å². The number of carbonyl (C=O) groups excluding carboxylic acids is 1. The molecule has 0 saturated carbocycles. The van der Waals surface area contributed by atoms with E-state index in [2.05, 4.69) is 6.26 Å². The Hall–Kier alpha value is 0.370. The van der Waals surface area contributed by atoms with Crippen LogP contribution in [0.5, 0.6) is 0 Å².